The molecule has 1 aliphatic rings. The molecule has 1 fully saturated rings. The molecule has 25 heavy (non-hydrogen) atoms. The zero-order valence-corrected chi connectivity index (χ0v) is 15.2. The van der Waals surface area contributed by atoms with Gasteiger partial charge in [0.2, 0.25) is 0 Å². The van der Waals surface area contributed by atoms with Gasteiger partial charge in [0.1, 0.15) is 0 Å². The third kappa shape index (κ3) is 4.91. The smallest absolute Gasteiger partial charge is 0.253 e. The first-order valence-electron chi connectivity index (χ1n) is 8.91. The minimum absolute atomic E-state index is 0.149. The van der Waals surface area contributed by atoms with Crippen LogP contribution in [0.1, 0.15) is 21.5 Å². The number of amides is 1. The molecule has 4 nitrogen and oxygen atoms in total. The molecule has 132 valence electrons. The standard InChI is InChI=1S/C21H27N3O/c1-22(2)16-19-8-10-20(11-9-19)21(25)24-14-12-23(13-15-24)17-18-6-4-3-5-7-18/h3-11H,12-17H2,1-2H3. The maximum Gasteiger partial charge on any atom is 0.253 e. The number of rotatable bonds is 5. The van der Waals surface area contributed by atoms with Gasteiger partial charge in [0.15, 0.2) is 0 Å². The average Bonchev–Trinajstić information content (AvgIpc) is 2.63. The second-order valence-corrected chi connectivity index (χ2v) is 6.99. The van der Waals surface area contributed by atoms with Gasteiger partial charge in [-0.3, -0.25) is 9.69 Å². The third-order valence-electron chi connectivity index (χ3n) is 4.61. The lowest BCUT2D eigenvalue weighted by molar-refractivity contribution is 0.0628. The van der Waals surface area contributed by atoms with Crippen LogP contribution >= 0.6 is 0 Å². The van der Waals surface area contributed by atoms with Crippen LogP contribution < -0.4 is 0 Å². The van der Waals surface area contributed by atoms with Crippen LogP contribution in [-0.2, 0) is 13.1 Å². The summed E-state index contributed by atoms with van der Waals surface area (Å²) >= 11 is 0. The van der Waals surface area contributed by atoms with Crippen molar-refractivity contribution in [3.63, 3.8) is 0 Å². The minimum atomic E-state index is 0.149. The first kappa shape index (κ1) is 17.6. The first-order chi connectivity index (χ1) is 12.1. The first-order valence-corrected chi connectivity index (χ1v) is 8.91. The summed E-state index contributed by atoms with van der Waals surface area (Å²) in [5, 5.41) is 0. The molecule has 0 N–H and O–H groups in total. The van der Waals surface area contributed by atoms with Crippen molar-refractivity contribution in [2.24, 2.45) is 0 Å². The van der Waals surface area contributed by atoms with Crippen molar-refractivity contribution in [2.75, 3.05) is 40.3 Å². The summed E-state index contributed by atoms with van der Waals surface area (Å²) in [6, 6.07) is 18.5. The van der Waals surface area contributed by atoms with Gasteiger partial charge in [-0.05, 0) is 37.4 Å². The molecule has 0 unspecified atom stereocenters. The van der Waals surface area contributed by atoms with E-state index in [9.17, 15) is 4.79 Å². The predicted octanol–water partition coefficient (Wildman–Crippen LogP) is 2.71. The van der Waals surface area contributed by atoms with E-state index in [1.807, 2.05) is 37.2 Å². The molecule has 0 aromatic heterocycles. The van der Waals surface area contributed by atoms with Crippen molar-refractivity contribution in [1.29, 1.82) is 0 Å². The lowest BCUT2D eigenvalue weighted by atomic mass is 10.1. The summed E-state index contributed by atoms with van der Waals surface area (Å²) in [5.41, 5.74) is 3.35. The minimum Gasteiger partial charge on any atom is -0.336 e. The number of nitrogens with zero attached hydrogens (tertiary/aromatic N) is 3. The van der Waals surface area contributed by atoms with Gasteiger partial charge in [-0.2, -0.15) is 0 Å². The van der Waals surface area contributed by atoms with Gasteiger partial charge in [-0.1, -0.05) is 42.5 Å². The number of hydrogen-bond donors (Lipinski definition) is 0. The van der Waals surface area contributed by atoms with Crippen LogP contribution in [0.3, 0.4) is 0 Å². The zero-order valence-electron chi connectivity index (χ0n) is 15.2. The highest BCUT2D eigenvalue weighted by molar-refractivity contribution is 5.94. The lowest BCUT2D eigenvalue weighted by Crippen LogP contribution is -2.48. The van der Waals surface area contributed by atoms with E-state index in [2.05, 4.69) is 46.2 Å². The molecule has 0 saturated carbocycles. The Hall–Kier alpha value is -2.17. The van der Waals surface area contributed by atoms with Crippen molar-refractivity contribution < 1.29 is 4.79 Å². The van der Waals surface area contributed by atoms with E-state index in [1.165, 1.54) is 11.1 Å². The summed E-state index contributed by atoms with van der Waals surface area (Å²) < 4.78 is 0. The Morgan fingerprint density at radius 3 is 2.12 bits per heavy atom. The number of hydrogen-bond acceptors (Lipinski definition) is 3. The summed E-state index contributed by atoms with van der Waals surface area (Å²) in [4.78, 5) is 19.2. The Morgan fingerprint density at radius 1 is 0.880 bits per heavy atom. The fourth-order valence-corrected chi connectivity index (χ4v) is 3.25. The van der Waals surface area contributed by atoms with E-state index in [0.717, 1.165) is 44.8 Å². The molecule has 0 spiro atoms. The van der Waals surface area contributed by atoms with Crippen LogP contribution in [-0.4, -0.2) is 60.9 Å². The lowest BCUT2D eigenvalue weighted by Gasteiger charge is -2.34. The molecule has 1 amide bonds. The molecule has 4 heteroatoms. The Labute approximate surface area is 150 Å². The Morgan fingerprint density at radius 2 is 1.52 bits per heavy atom. The summed E-state index contributed by atoms with van der Waals surface area (Å²) in [6.07, 6.45) is 0. The second kappa shape index (κ2) is 8.28. The molecule has 1 saturated heterocycles. The van der Waals surface area contributed by atoms with E-state index in [4.69, 9.17) is 0 Å². The topological polar surface area (TPSA) is 26.8 Å². The summed E-state index contributed by atoms with van der Waals surface area (Å²) in [5.74, 6) is 0.149. The van der Waals surface area contributed by atoms with Gasteiger partial charge in [0.05, 0.1) is 0 Å². The monoisotopic (exact) mass is 337 g/mol. The SMILES string of the molecule is CN(C)Cc1ccc(C(=O)N2CCN(Cc3ccccc3)CC2)cc1. The van der Waals surface area contributed by atoms with E-state index in [1.54, 1.807) is 0 Å². The predicted molar refractivity (Wildman–Crippen MR) is 101 cm³/mol. The van der Waals surface area contributed by atoms with Gasteiger partial charge >= 0.3 is 0 Å². The number of benzene rings is 2. The highest BCUT2D eigenvalue weighted by Gasteiger charge is 2.22. The summed E-state index contributed by atoms with van der Waals surface area (Å²) in [6.45, 7) is 5.31. The van der Waals surface area contributed by atoms with Crippen LogP contribution in [0.2, 0.25) is 0 Å². The van der Waals surface area contributed by atoms with Gasteiger partial charge in [0.25, 0.3) is 5.91 Å². The third-order valence-corrected chi connectivity index (χ3v) is 4.61. The van der Waals surface area contributed by atoms with Gasteiger partial charge < -0.3 is 9.80 Å². The zero-order chi connectivity index (χ0) is 17.6. The quantitative estimate of drug-likeness (QED) is 0.839. The molecule has 3 rings (SSSR count). The van der Waals surface area contributed by atoms with Crippen LogP contribution in [0.25, 0.3) is 0 Å². The largest absolute Gasteiger partial charge is 0.336 e. The van der Waals surface area contributed by atoms with Crippen molar-refractivity contribution in [3.05, 3.63) is 71.3 Å². The molecule has 1 heterocycles. The van der Waals surface area contributed by atoms with Crippen LogP contribution in [0.4, 0.5) is 0 Å². The summed E-state index contributed by atoms with van der Waals surface area (Å²) in [7, 11) is 4.10. The Balaban J connectivity index is 1.52. The molecule has 2 aromatic carbocycles. The van der Waals surface area contributed by atoms with Crippen LogP contribution in [0.15, 0.2) is 54.6 Å². The Kier molecular flexibility index (Phi) is 5.84. The van der Waals surface area contributed by atoms with Gasteiger partial charge in [0, 0.05) is 44.8 Å². The number of piperazine rings is 1. The second-order valence-electron chi connectivity index (χ2n) is 6.99. The molecular weight excluding hydrogens is 310 g/mol. The van der Waals surface area contributed by atoms with Gasteiger partial charge in [-0.15, -0.1) is 0 Å². The maximum atomic E-state index is 12.7. The fourth-order valence-electron chi connectivity index (χ4n) is 3.25. The average molecular weight is 337 g/mol. The van der Waals surface area contributed by atoms with Crippen LogP contribution in [0.5, 0.6) is 0 Å². The fraction of sp³-hybridized carbons (Fsp3) is 0.381. The van der Waals surface area contributed by atoms with Crippen LogP contribution in [0, 0.1) is 0 Å². The van der Waals surface area contributed by atoms with Crippen molar-refractivity contribution in [3.8, 4) is 0 Å². The highest BCUT2D eigenvalue weighted by atomic mass is 16.2. The van der Waals surface area contributed by atoms with E-state index < -0.39 is 0 Å². The molecule has 0 aliphatic carbocycles. The van der Waals surface area contributed by atoms with E-state index in [-0.39, 0.29) is 5.91 Å². The Bertz CT molecular complexity index is 674. The molecule has 0 radical (unpaired) electrons. The van der Waals surface area contributed by atoms with Crippen molar-refractivity contribution in [1.82, 2.24) is 14.7 Å². The maximum absolute atomic E-state index is 12.7. The number of carbonyl (C=O) groups is 1. The van der Waals surface area contributed by atoms with E-state index >= 15 is 0 Å². The molecular formula is C21H27N3O. The number of carbonyl (C=O) groups excluding carboxylic acids is 1. The molecule has 2 aromatic rings. The normalized spacial score (nSPS) is 15.6. The van der Waals surface area contributed by atoms with E-state index in [0.29, 0.717) is 0 Å². The highest BCUT2D eigenvalue weighted by Crippen LogP contribution is 2.13. The molecule has 1 aliphatic heterocycles. The van der Waals surface area contributed by atoms with Gasteiger partial charge in [-0.25, -0.2) is 0 Å². The van der Waals surface area contributed by atoms with Crippen molar-refractivity contribution >= 4 is 5.91 Å². The molecule has 0 atom stereocenters. The van der Waals surface area contributed by atoms with Crippen molar-refractivity contribution in [2.45, 2.75) is 13.1 Å². The molecule has 0 bridgehead atoms.